The van der Waals surface area contributed by atoms with Gasteiger partial charge in [-0.15, -0.1) is 0 Å². The molecule has 2 heterocycles. The molecule has 4 aromatic carbocycles. The molecule has 3 unspecified atom stereocenters. The van der Waals surface area contributed by atoms with E-state index in [1.165, 1.54) is 5.56 Å². The number of nitrogens with zero attached hydrogens (tertiary/aromatic N) is 1. The van der Waals surface area contributed by atoms with Crippen molar-refractivity contribution < 1.29 is 14.4 Å². The van der Waals surface area contributed by atoms with Crippen molar-refractivity contribution >= 4 is 40.7 Å². The third kappa shape index (κ3) is 3.78. The van der Waals surface area contributed by atoms with Crippen molar-refractivity contribution in [3.63, 3.8) is 0 Å². The maximum atomic E-state index is 14.8. The van der Waals surface area contributed by atoms with Crippen LogP contribution in [0.15, 0.2) is 103 Å². The molecule has 0 aromatic heterocycles. The molecule has 1 aliphatic carbocycles. The SMILES string of the molecule is CC(C)Cc1ccc(C(=O)C2C(c3ccc(Cl)cc3)C3(C(=O)c4ccccc4C3=O)C3C=Cc4ccccc4N23)cc1. The topological polar surface area (TPSA) is 54.5 Å². The Morgan fingerprint density at radius 3 is 2.10 bits per heavy atom. The molecule has 3 aliphatic rings. The van der Waals surface area contributed by atoms with E-state index in [4.69, 9.17) is 11.6 Å². The molecule has 1 spiro atoms. The molecule has 0 bridgehead atoms. The summed E-state index contributed by atoms with van der Waals surface area (Å²) in [6, 6.07) is 28.5. The Balaban J connectivity index is 1.48. The number of para-hydroxylation sites is 1. The summed E-state index contributed by atoms with van der Waals surface area (Å²) in [5.41, 5.74) is 3.57. The van der Waals surface area contributed by atoms with E-state index in [2.05, 4.69) is 13.8 Å². The second-order valence-corrected chi connectivity index (χ2v) is 12.4. The Bertz CT molecular complexity index is 1730. The fourth-order valence-corrected chi connectivity index (χ4v) is 7.53. The third-order valence-electron chi connectivity index (χ3n) is 9.09. The fourth-order valence-electron chi connectivity index (χ4n) is 7.41. The van der Waals surface area contributed by atoms with Crippen molar-refractivity contribution in [2.24, 2.45) is 11.3 Å². The molecule has 0 N–H and O–H groups in total. The van der Waals surface area contributed by atoms with E-state index in [9.17, 15) is 14.4 Å². The number of halogens is 1. The number of carbonyl (C=O) groups excluding carboxylic acids is 3. The number of ketones is 3. The van der Waals surface area contributed by atoms with Crippen LogP contribution in [0.2, 0.25) is 5.02 Å². The predicted octanol–water partition coefficient (Wildman–Crippen LogP) is 7.85. The van der Waals surface area contributed by atoms with Gasteiger partial charge in [0.05, 0.1) is 6.04 Å². The van der Waals surface area contributed by atoms with Crippen LogP contribution in [0.3, 0.4) is 0 Å². The molecule has 0 radical (unpaired) electrons. The van der Waals surface area contributed by atoms with Crippen molar-refractivity contribution in [1.29, 1.82) is 0 Å². The molecule has 0 amide bonds. The summed E-state index contributed by atoms with van der Waals surface area (Å²) in [7, 11) is 0. The van der Waals surface area contributed by atoms with Crippen LogP contribution in [0.25, 0.3) is 6.08 Å². The second kappa shape index (κ2) is 9.92. The average molecular weight is 572 g/mol. The zero-order valence-electron chi connectivity index (χ0n) is 23.5. The molecule has 1 fully saturated rings. The molecular formula is C37H30ClNO3. The van der Waals surface area contributed by atoms with Gasteiger partial charge in [0, 0.05) is 33.3 Å². The van der Waals surface area contributed by atoms with Gasteiger partial charge in [-0.25, -0.2) is 0 Å². The van der Waals surface area contributed by atoms with Crippen LogP contribution in [0.4, 0.5) is 5.69 Å². The zero-order valence-corrected chi connectivity index (χ0v) is 24.2. The van der Waals surface area contributed by atoms with Crippen LogP contribution in [0, 0.1) is 11.3 Å². The highest BCUT2D eigenvalue weighted by Crippen LogP contribution is 2.61. The number of fused-ring (bicyclic) bond motifs is 5. The van der Waals surface area contributed by atoms with E-state index in [1.54, 1.807) is 36.4 Å². The molecule has 7 rings (SSSR count). The summed E-state index contributed by atoms with van der Waals surface area (Å²) in [6.07, 6.45) is 4.85. The normalized spacial score (nSPS) is 21.5. The number of hydrogen-bond donors (Lipinski definition) is 0. The van der Waals surface area contributed by atoms with Crippen LogP contribution in [-0.4, -0.2) is 29.4 Å². The Labute approximate surface area is 250 Å². The quantitative estimate of drug-likeness (QED) is 0.181. The highest BCUT2D eigenvalue weighted by molar-refractivity contribution is 6.32. The number of Topliss-reactive ketones (excluding diaryl/α,β-unsaturated/α-hetero) is 3. The summed E-state index contributed by atoms with van der Waals surface area (Å²) in [5.74, 6) is -0.830. The average Bonchev–Trinajstić information content (AvgIpc) is 3.43. The van der Waals surface area contributed by atoms with E-state index < -0.39 is 23.4 Å². The summed E-state index contributed by atoms with van der Waals surface area (Å²) in [4.78, 5) is 46.2. The lowest BCUT2D eigenvalue weighted by atomic mass is 9.64. The van der Waals surface area contributed by atoms with Crippen LogP contribution < -0.4 is 4.90 Å². The van der Waals surface area contributed by atoms with Crippen LogP contribution in [0.1, 0.15) is 67.5 Å². The molecule has 5 heteroatoms. The molecular weight excluding hydrogens is 542 g/mol. The van der Waals surface area contributed by atoms with Gasteiger partial charge >= 0.3 is 0 Å². The second-order valence-electron chi connectivity index (χ2n) is 12.0. The van der Waals surface area contributed by atoms with E-state index in [1.807, 2.05) is 77.7 Å². The van der Waals surface area contributed by atoms with E-state index in [0.717, 1.165) is 23.2 Å². The minimum Gasteiger partial charge on any atom is -0.352 e. The molecule has 4 aromatic rings. The number of anilines is 1. The number of hydrogen-bond acceptors (Lipinski definition) is 4. The lowest BCUT2D eigenvalue weighted by Gasteiger charge is -2.37. The fraction of sp³-hybridized carbons (Fsp3) is 0.216. The van der Waals surface area contributed by atoms with Crippen LogP contribution in [-0.2, 0) is 6.42 Å². The van der Waals surface area contributed by atoms with Crippen molar-refractivity contribution in [1.82, 2.24) is 0 Å². The van der Waals surface area contributed by atoms with Gasteiger partial charge in [-0.1, -0.05) is 116 Å². The van der Waals surface area contributed by atoms with Crippen LogP contribution >= 0.6 is 11.6 Å². The number of carbonyl (C=O) groups is 3. The Kier molecular flexibility index (Phi) is 6.29. The largest absolute Gasteiger partial charge is 0.352 e. The maximum absolute atomic E-state index is 14.8. The Hall–Kier alpha value is -4.28. The standard InChI is InChI=1S/C37H30ClNO3/c1-22(2)21-23-11-13-26(14-12-23)34(40)33-32(25-15-18-27(38)19-16-25)37(35(41)28-8-4-5-9-29(28)36(37)42)31-20-17-24-7-3-6-10-30(24)39(31)33/h3-20,22,31-33H,21H2,1-2H3. The van der Waals surface area contributed by atoms with Gasteiger partial charge in [-0.2, -0.15) is 0 Å². The highest BCUT2D eigenvalue weighted by atomic mass is 35.5. The summed E-state index contributed by atoms with van der Waals surface area (Å²) >= 11 is 6.31. The monoisotopic (exact) mass is 571 g/mol. The third-order valence-corrected chi connectivity index (χ3v) is 9.35. The lowest BCUT2D eigenvalue weighted by Crippen LogP contribution is -2.48. The van der Waals surface area contributed by atoms with E-state index >= 15 is 0 Å². The molecule has 3 atom stereocenters. The van der Waals surface area contributed by atoms with Crippen molar-refractivity contribution in [3.8, 4) is 0 Å². The van der Waals surface area contributed by atoms with Gasteiger partial charge < -0.3 is 4.90 Å². The molecule has 208 valence electrons. The highest BCUT2D eigenvalue weighted by Gasteiger charge is 2.71. The van der Waals surface area contributed by atoms with Gasteiger partial charge in [0.15, 0.2) is 17.3 Å². The molecule has 2 aliphatic heterocycles. The first-order chi connectivity index (χ1) is 20.3. The van der Waals surface area contributed by atoms with Gasteiger partial charge in [-0.3, -0.25) is 14.4 Å². The summed E-state index contributed by atoms with van der Waals surface area (Å²) < 4.78 is 0. The van der Waals surface area contributed by atoms with Gasteiger partial charge in [0.25, 0.3) is 0 Å². The molecule has 1 saturated heterocycles. The maximum Gasteiger partial charge on any atom is 0.185 e. The predicted molar refractivity (Wildman–Crippen MR) is 167 cm³/mol. The minimum atomic E-state index is -1.51. The Morgan fingerprint density at radius 1 is 0.833 bits per heavy atom. The van der Waals surface area contributed by atoms with Crippen molar-refractivity contribution in [2.45, 2.75) is 38.3 Å². The van der Waals surface area contributed by atoms with E-state index in [-0.39, 0.29) is 17.3 Å². The first-order valence-electron chi connectivity index (χ1n) is 14.4. The zero-order chi connectivity index (χ0) is 29.2. The van der Waals surface area contributed by atoms with Gasteiger partial charge in [0.2, 0.25) is 0 Å². The minimum absolute atomic E-state index is 0.116. The number of benzene rings is 4. The van der Waals surface area contributed by atoms with Crippen LogP contribution in [0.5, 0.6) is 0 Å². The van der Waals surface area contributed by atoms with E-state index in [0.29, 0.717) is 27.6 Å². The molecule has 4 nitrogen and oxygen atoms in total. The van der Waals surface area contributed by atoms with Crippen molar-refractivity contribution in [3.05, 3.63) is 142 Å². The summed E-state index contributed by atoms with van der Waals surface area (Å²) in [6.45, 7) is 4.34. The van der Waals surface area contributed by atoms with Gasteiger partial charge in [-0.05, 0) is 47.2 Å². The first-order valence-corrected chi connectivity index (χ1v) is 14.8. The van der Waals surface area contributed by atoms with Gasteiger partial charge in [0.1, 0.15) is 11.5 Å². The summed E-state index contributed by atoms with van der Waals surface area (Å²) in [5, 5.41) is 0.546. The molecule has 42 heavy (non-hydrogen) atoms. The molecule has 0 saturated carbocycles. The number of rotatable bonds is 5. The smallest absolute Gasteiger partial charge is 0.185 e. The first kappa shape index (κ1) is 26.6. The Morgan fingerprint density at radius 2 is 1.45 bits per heavy atom. The van der Waals surface area contributed by atoms with Crippen molar-refractivity contribution in [2.75, 3.05) is 4.90 Å². The lowest BCUT2D eigenvalue weighted by molar-refractivity contribution is 0.0666.